The number of nitrogens with zero attached hydrogens (tertiary/aromatic N) is 1. The summed E-state index contributed by atoms with van der Waals surface area (Å²) in [5.41, 5.74) is 1.19. The molecule has 1 heterocycles. The summed E-state index contributed by atoms with van der Waals surface area (Å²) in [6.45, 7) is 6.16. The molecule has 1 rings (SSSR count). The van der Waals surface area contributed by atoms with Gasteiger partial charge in [-0.1, -0.05) is 26.7 Å². The molecular weight excluding hydrogens is 361 g/mol. The lowest BCUT2D eigenvalue weighted by Gasteiger charge is -2.09. The lowest BCUT2D eigenvalue weighted by molar-refractivity contribution is 0.380. The molecule has 0 saturated heterocycles. The highest BCUT2D eigenvalue weighted by molar-refractivity contribution is 9.11. The normalized spacial score (nSPS) is 10.0. The van der Waals surface area contributed by atoms with Crippen LogP contribution in [0, 0.1) is 12.8 Å². The predicted molar refractivity (Wildman–Crippen MR) is 83.4 cm³/mol. The summed E-state index contributed by atoms with van der Waals surface area (Å²) in [6, 6.07) is 1.96. The van der Waals surface area contributed by atoms with Gasteiger partial charge in [0.1, 0.15) is 4.60 Å². The van der Waals surface area contributed by atoms with Gasteiger partial charge in [0, 0.05) is 10.7 Å². The van der Waals surface area contributed by atoms with E-state index in [0.29, 0.717) is 12.2 Å². The fraction of sp³-hybridized carbons (Fsp3) is 0.583. The van der Waals surface area contributed by atoms with Crippen LogP contribution in [0.5, 0.6) is 0 Å². The van der Waals surface area contributed by atoms with Crippen LogP contribution in [0.3, 0.4) is 0 Å². The first-order valence-corrected chi connectivity index (χ1v) is 7.63. The van der Waals surface area contributed by atoms with Crippen LogP contribution in [-0.2, 0) is 0 Å². The third kappa shape index (κ3) is 8.24. The van der Waals surface area contributed by atoms with Crippen LogP contribution in [0.4, 0.5) is 0 Å². The lowest BCUT2D eigenvalue weighted by atomic mass is 9.76. The molecule has 0 bridgehead atoms. The highest BCUT2D eigenvalue weighted by Gasteiger charge is 2.12. The summed E-state index contributed by atoms with van der Waals surface area (Å²) in [7, 11) is -1.12. The second-order valence-corrected chi connectivity index (χ2v) is 5.82. The summed E-state index contributed by atoms with van der Waals surface area (Å²) in [6.07, 6.45) is 4.37. The Morgan fingerprint density at radius 2 is 1.83 bits per heavy atom. The monoisotopic (exact) mass is 379 g/mol. The predicted octanol–water partition coefficient (Wildman–Crippen LogP) is 3.81. The number of halogens is 2. The Hall–Kier alpha value is 0.0949. The van der Waals surface area contributed by atoms with Crippen molar-refractivity contribution in [3.8, 4) is 0 Å². The van der Waals surface area contributed by atoms with Crippen LogP contribution in [-0.4, -0.2) is 22.2 Å². The van der Waals surface area contributed by atoms with Crippen molar-refractivity contribution in [1.29, 1.82) is 0 Å². The minimum atomic E-state index is -1.12. The van der Waals surface area contributed by atoms with Gasteiger partial charge in [-0.05, 0) is 62.7 Å². The first-order chi connectivity index (χ1) is 8.40. The Morgan fingerprint density at radius 1 is 1.28 bits per heavy atom. The average molecular weight is 381 g/mol. The molecule has 0 atom stereocenters. The fourth-order valence-electron chi connectivity index (χ4n) is 1.43. The molecule has 18 heavy (non-hydrogen) atoms. The van der Waals surface area contributed by atoms with E-state index < -0.39 is 7.12 Å². The van der Waals surface area contributed by atoms with E-state index in [0.717, 1.165) is 21.9 Å². The summed E-state index contributed by atoms with van der Waals surface area (Å²) in [5.74, 6) is 0.477. The molecule has 1 aromatic heterocycles. The number of aromatic nitrogens is 1. The minimum Gasteiger partial charge on any atom is -0.427 e. The zero-order valence-corrected chi connectivity index (χ0v) is 14.2. The van der Waals surface area contributed by atoms with Crippen LogP contribution in [0.25, 0.3) is 0 Å². The molecule has 2 N–H and O–H groups in total. The number of hydrogen-bond donors (Lipinski definition) is 2. The van der Waals surface area contributed by atoms with Gasteiger partial charge in [-0.25, -0.2) is 4.98 Å². The largest absolute Gasteiger partial charge is 0.451 e. The highest BCUT2D eigenvalue weighted by atomic mass is 79.9. The Labute approximate surface area is 126 Å². The zero-order chi connectivity index (χ0) is 14.1. The van der Waals surface area contributed by atoms with Gasteiger partial charge in [-0.15, -0.1) is 0 Å². The van der Waals surface area contributed by atoms with Crippen LogP contribution >= 0.6 is 31.9 Å². The first-order valence-electron chi connectivity index (χ1n) is 6.04. The smallest absolute Gasteiger partial charge is 0.427 e. The van der Waals surface area contributed by atoms with E-state index >= 15 is 0 Å². The van der Waals surface area contributed by atoms with Gasteiger partial charge in [0.05, 0.1) is 0 Å². The van der Waals surface area contributed by atoms with E-state index in [2.05, 4.69) is 50.7 Å². The summed E-state index contributed by atoms with van der Waals surface area (Å²) < 4.78 is 1.92. The maximum absolute atomic E-state index is 8.54. The van der Waals surface area contributed by atoms with Crippen molar-refractivity contribution in [3.05, 3.63) is 26.9 Å². The fourth-order valence-corrected chi connectivity index (χ4v) is 2.09. The van der Waals surface area contributed by atoms with Crippen LogP contribution in [0.15, 0.2) is 21.3 Å². The van der Waals surface area contributed by atoms with E-state index in [1.165, 1.54) is 5.56 Å². The Morgan fingerprint density at radius 3 is 2.11 bits per heavy atom. The maximum atomic E-state index is 8.54. The summed E-state index contributed by atoms with van der Waals surface area (Å²) >= 11 is 6.61. The Kier molecular flexibility index (Phi) is 10.0. The summed E-state index contributed by atoms with van der Waals surface area (Å²) in [5, 5.41) is 17.1. The molecule has 6 heteroatoms. The molecule has 1 aromatic rings. The molecule has 0 aliphatic heterocycles. The Balaban J connectivity index is 0.000000321. The molecule has 0 saturated carbocycles. The summed E-state index contributed by atoms with van der Waals surface area (Å²) in [4.78, 5) is 4.01. The lowest BCUT2D eigenvalue weighted by Crippen LogP contribution is -2.15. The molecule has 0 fully saturated rings. The van der Waals surface area contributed by atoms with Gasteiger partial charge in [-0.3, -0.25) is 0 Å². The van der Waals surface area contributed by atoms with E-state index in [4.69, 9.17) is 10.0 Å². The van der Waals surface area contributed by atoms with Crippen molar-refractivity contribution in [3.63, 3.8) is 0 Å². The third-order valence-corrected chi connectivity index (χ3v) is 3.98. The van der Waals surface area contributed by atoms with Crippen LogP contribution < -0.4 is 0 Å². The second-order valence-electron chi connectivity index (χ2n) is 4.16. The molecule has 102 valence electrons. The number of hydrogen-bond acceptors (Lipinski definition) is 3. The average Bonchev–Trinajstić information content (AvgIpc) is 2.32. The van der Waals surface area contributed by atoms with Crippen molar-refractivity contribution in [2.75, 3.05) is 0 Å². The van der Waals surface area contributed by atoms with Gasteiger partial charge in [0.15, 0.2) is 0 Å². The number of pyridine rings is 1. The van der Waals surface area contributed by atoms with Gasteiger partial charge in [0.25, 0.3) is 0 Å². The van der Waals surface area contributed by atoms with Gasteiger partial charge >= 0.3 is 7.12 Å². The second kappa shape index (κ2) is 9.95. The van der Waals surface area contributed by atoms with Gasteiger partial charge in [-0.2, -0.15) is 0 Å². The molecule has 0 spiro atoms. The SMILES string of the molecule is CCC(CC)CB(O)O.Cc1cc(Br)ncc1Br. The molecule has 0 unspecified atom stereocenters. The molecule has 0 radical (unpaired) electrons. The van der Waals surface area contributed by atoms with Gasteiger partial charge < -0.3 is 10.0 Å². The molecule has 0 amide bonds. The van der Waals surface area contributed by atoms with Crippen molar-refractivity contribution < 1.29 is 10.0 Å². The van der Waals surface area contributed by atoms with Crippen LogP contribution in [0.2, 0.25) is 6.32 Å². The topological polar surface area (TPSA) is 53.4 Å². The van der Waals surface area contributed by atoms with Crippen molar-refractivity contribution in [2.45, 2.75) is 39.9 Å². The molecule has 3 nitrogen and oxygen atoms in total. The standard InChI is InChI=1S/C6H15BO2.C6H5Br2N/c1-3-6(4-2)5-7(8)9;1-4-2-6(8)9-3-5(4)7/h6,8-9H,3-5H2,1-2H3;2-3H,1H3. The van der Waals surface area contributed by atoms with E-state index in [1.54, 1.807) is 6.20 Å². The van der Waals surface area contributed by atoms with Crippen LogP contribution in [0.1, 0.15) is 32.3 Å². The maximum Gasteiger partial charge on any atom is 0.451 e. The van der Waals surface area contributed by atoms with Crippen molar-refractivity contribution >= 4 is 39.0 Å². The number of rotatable bonds is 4. The van der Waals surface area contributed by atoms with E-state index in [-0.39, 0.29) is 0 Å². The number of aryl methyl sites for hydroxylation is 1. The quantitative estimate of drug-likeness (QED) is 0.617. The molecular formula is C12H20BBr2NO2. The van der Waals surface area contributed by atoms with E-state index in [1.807, 2.05) is 13.0 Å². The minimum absolute atomic E-state index is 0.477. The molecule has 0 aliphatic rings. The first kappa shape index (κ1) is 18.1. The highest BCUT2D eigenvalue weighted by Crippen LogP contribution is 2.17. The Bertz CT molecular complexity index is 347. The van der Waals surface area contributed by atoms with Crippen molar-refractivity contribution in [1.82, 2.24) is 4.98 Å². The van der Waals surface area contributed by atoms with E-state index in [9.17, 15) is 0 Å². The third-order valence-electron chi connectivity index (χ3n) is 2.71. The molecule has 0 aromatic carbocycles. The molecule has 0 aliphatic carbocycles. The zero-order valence-electron chi connectivity index (χ0n) is 11.0. The van der Waals surface area contributed by atoms with Crippen molar-refractivity contribution in [2.24, 2.45) is 5.92 Å². The van der Waals surface area contributed by atoms with Gasteiger partial charge in [0.2, 0.25) is 0 Å².